The van der Waals surface area contributed by atoms with Crippen LogP contribution in [0.15, 0.2) is 18.2 Å². The van der Waals surface area contributed by atoms with Gasteiger partial charge in [0, 0.05) is 6.61 Å². The summed E-state index contributed by atoms with van der Waals surface area (Å²) in [5.41, 5.74) is 6.85. The molecule has 0 spiro atoms. The first kappa shape index (κ1) is 12.8. The summed E-state index contributed by atoms with van der Waals surface area (Å²) >= 11 is 12.0. The van der Waals surface area contributed by atoms with Gasteiger partial charge in [0.15, 0.2) is 0 Å². The first-order valence-corrected chi connectivity index (χ1v) is 5.64. The van der Waals surface area contributed by atoms with Crippen molar-refractivity contribution in [1.82, 2.24) is 0 Å². The molecule has 0 aliphatic rings. The fraction of sp³-hybridized carbons (Fsp3) is 0.455. The molecule has 1 aromatic rings. The maximum absolute atomic E-state index is 6.06. The maximum Gasteiger partial charge on any atom is 0.0739 e. The lowest BCUT2D eigenvalue weighted by Crippen LogP contribution is -2.26. The van der Waals surface area contributed by atoms with E-state index in [9.17, 15) is 0 Å². The quantitative estimate of drug-likeness (QED) is 0.886. The van der Waals surface area contributed by atoms with E-state index in [-0.39, 0.29) is 12.1 Å². The Kier molecular flexibility index (Phi) is 4.87. The van der Waals surface area contributed by atoms with E-state index in [1.54, 1.807) is 6.07 Å². The van der Waals surface area contributed by atoms with Crippen molar-refractivity contribution in [2.24, 2.45) is 5.73 Å². The number of benzene rings is 1. The van der Waals surface area contributed by atoms with Crippen LogP contribution >= 0.6 is 23.2 Å². The summed E-state index contributed by atoms with van der Waals surface area (Å²) in [6.45, 7) is 4.49. The zero-order valence-electron chi connectivity index (χ0n) is 8.84. The van der Waals surface area contributed by atoms with Crippen LogP contribution in [0.1, 0.15) is 25.5 Å². The van der Waals surface area contributed by atoms with Gasteiger partial charge in [0.2, 0.25) is 0 Å². The van der Waals surface area contributed by atoms with Crippen molar-refractivity contribution in [3.05, 3.63) is 33.8 Å². The Hall–Kier alpha value is -0.280. The van der Waals surface area contributed by atoms with Crippen molar-refractivity contribution in [1.29, 1.82) is 0 Å². The molecule has 0 fully saturated rings. The van der Waals surface area contributed by atoms with Gasteiger partial charge in [-0.15, -0.1) is 0 Å². The third-order valence-corrected chi connectivity index (χ3v) is 3.11. The molecule has 0 saturated carbocycles. The fourth-order valence-corrected chi connectivity index (χ4v) is 1.83. The molecule has 15 heavy (non-hydrogen) atoms. The third-order valence-electron chi connectivity index (χ3n) is 2.28. The Morgan fingerprint density at radius 3 is 2.67 bits per heavy atom. The molecule has 0 aliphatic carbocycles. The second kappa shape index (κ2) is 5.71. The second-order valence-electron chi connectivity index (χ2n) is 3.33. The summed E-state index contributed by atoms with van der Waals surface area (Å²) in [5.74, 6) is 0. The Morgan fingerprint density at radius 2 is 2.07 bits per heavy atom. The maximum atomic E-state index is 6.06. The number of hydrogen-bond donors (Lipinski definition) is 1. The smallest absolute Gasteiger partial charge is 0.0739 e. The molecule has 1 rings (SSSR count). The molecule has 4 heteroatoms. The van der Waals surface area contributed by atoms with E-state index in [2.05, 4.69) is 0 Å². The molecule has 84 valence electrons. The summed E-state index contributed by atoms with van der Waals surface area (Å²) < 4.78 is 5.43. The molecular formula is C11H15Cl2NO. The minimum absolute atomic E-state index is 0.0778. The average Bonchev–Trinajstić information content (AvgIpc) is 2.21. The van der Waals surface area contributed by atoms with E-state index >= 15 is 0 Å². The molecule has 0 aromatic heterocycles. The highest BCUT2D eigenvalue weighted by Gasteiger charge is 2.18. The van der Waals surface area contributed by atoms with Crippen molar-refractivity contribution in [2.75, 3.05) is 6.61 Å². The molecule has 2 nitrogen and oxygen atoms in total. The van der Waals surface area contributed by atoms with Gasteiger partial charge in [0.05, 0.1) is 22.2 Å². The zero-order valence-corrected chi connectivity index (χ0v) is 10.3. The SMILES string of the molecule is CCOC(C)C(N)c1cccc(Cl)c1Cl. The van der Waals surface area contributed by atoms with Crippen LogP contribution in [-0.2, 0) is 4.74 Å². The molecular weight excluding hydrogens is 233 g/mol. The predicted molar refractivity (Wildman–Crippen MR) is 64.5 cm³/mol. The monoisotopic (exact) mass is 247 g/mol. The van der Waals surface area contributed by atoms with E-state index in [4.69, 9.17) is 33.7 Å². The molecule has 0 amide bonds. The highest BCUT2D eigenvalue weighted by Crippen LogP contribution is 2.30. The summed E-state index contributed by atoms with van der Waals surface area (Å²) in [6.07, 6.45) is -0.0778. The molecule has 0 saturated heterocycles. The molecule has 0 aliphatic heterocycles. The first-order chi connectivity index (χ1) is 7.07. The van der Waals surface area contributed by atoms with Crippen LogP contribution in [0.25, 0.3) is 0 Å². The van der Waals surface area contributed by atoms with Crippen LogP contribution in [0, 0.1) is 0 Å². The van der Waals surface area contributed by atoms with Crippen molar-refractivity contribution in [3.63, 3.8) is 0 Å². The lowest BCUT2D eigenvalue weighted by Gasteiger charge is -2.21. The van der Waals surface area contributed by atoms with Gasteiger partial charge >= 0.3 is 0 Å². The molecule has 2 atom stereocenters. The third kappa shape index (κ3) is 3.08. The Bertz CT molecular complexity index is 330. The predicted octanol–water partition coefficient (Wildman–Crippen LogP) is 3.42. The van der Waals surface area contributed by atoms with Crippen molar-refractivity contribution < 1.29 is 4.74 Å². The van der Waals surface area contributed by atoms with E-state index < -0.39 is 0 Å². The van der Waals surface area contributed by atoms with Crippen LogP contribution in [-0.4, -0.2) is 12.7 Å². The molecule has 2 unspecified atom stereocenters. The van der Waals surface area contributed by atoms with Crippen molar-refractivity contribution in [3.8, 4) is 0 Å². The number of nitrogens with two attached hydrogens (primary N) is 1. The highest BCUT2D eigenvalue weighted by atomic mass is 35.5. The lowest BCUT2D eigenvalue weighted by atomic mass is 10.0. The van der Waals surface area contributed by atoms with Crippen LogP contribution < -0.4 is 5.73 Å². The van der Waals surface area contributed by atoms with Gasteiger partial charge in [-0.3, -0.25) is 0 Å². The lowest BCUT2D eigenvalue weighted by molar-refractivity contribution is 0.0575. The molecule has 1 aromatic carbocycles. The summed E-state index contributed by atoms with van der Waals surface area (Å²) in [4.78, 5) is 0. The van der Waals surface area contributed by atoms with E-state index in [1.807, 2.05) is 26.0 Å². The van der Waals surface area contributed by atoms with Gasteiger partial charge in [-0.1, -0.05) is 35.3 Å². The Morgan fingerprint density at radius 1 is 1.40 bits per heavy atom. The van der Waals surface area contributed by atoms with E-state index in [0.717, 1.165) is 5.56 Å². The highest BCUT2D eigenvalue weighted by molar-refractivity contribution is 6.42. The molecule has 0 bridgehead atoms. The van der Waals surface area contributed by atoms with Crippen LogP contribution in [0.3, 0.4) is 0 Å². The number of halogens is 2. The topological polar surface area (TPSA) is 35.2 Å². The van der Waals surface area contributed by atoms with Crippen LogP contribution in [0.2, 0.25) is 10.0 Å². The fourth-order valence-electron chi connectivity index (χ4n) is 1.40. The van der Waals surface area contributed by atoms with E-state index in [0.29, 0.717) is 16.7 Å². The van der Waals surface area contributed by atoms with Crippen molar-refractivity contribution >= 4 is 23.2 Å². The molecule has 2 N–H and O–H groups in total. The first-order valence-electron chi connectivity index (χ1n) is 4.89. The van der Waals surface area contributed by atoms with Gasteiger partial charge < -0.3 is 10.5 Å². The van der Waals surface area contributed by atoms with Crippen molar-refractivity contribution in [2.45, 2.75) is 26.0 Å². The minimum atomic E-state index is -0.254. The van der Waals surface area contributed by atoms with Gasteiger partial charge in [0.25, 0.3) is 0 Å². The van der Waals surface area contributed by atoms with E-state index in [1.165, 1.54) is 0 Å². The normalized spacial score (nSPS) is 15.0. The number of hydrogen-bond acceptors (Lipinski definition) is 2. The average molecular weight is 248 g/mol. The largest absolute Gasteiger partial charge is 0.377 e. The number of ether oxygens (including phenoxy) is 1. The summed E-state index contributed by atoms with van der Waals surface area (Å²) in [5, 5.41) is 1.03. The Labute approximate surface area is 100 Å². The Balaban J connectivity index is 2.90. The van der Waals surface area contributed by atoms with Gasteiger partial charge in [-0.2, -0.15) is 0 Å². The van der Waals surface area contributed by atoms with Gasteiger partial charge in [0.1, 0.15) is 0 Å². The zero-order chi connectivity index (χ0) is 11.4. The summed E-state index contributed by atoms with van der Waals surface area (Å²) in [7, 11) is 0. The molecule has 0 radical (unpaired) electrons. The summed E-state index contributed by atoms with van der Waals surface area (Å²) in [6, 6.07) is 5.19. The van der Waals surface area contributed by atoms with Crippen LogP contribution in [0.5, 0.6) is 0 Å². The number of rotatable bonds is 4. The van der Waals surface area contributed by atoms with Gasteiger partial charge in [-0.25, -0.2) is 0 Å². The minimum Gasteiger partial charge on any atom is -0.377 e. The standard InChI is InChI=1S/C11H15Cl2NO/c1-3-15-7(2)11(14)8-5-4-6-9(12)10(8)13/h4-7,11H,3,14H2,1-2H3. The van der Waals surface area contributed by atoms with Crippen LogP contribution in [0.4, 0.5) is 0 Å². The second-order valence-corrected chi connectivity index (χ2v) is 4.11. The van der Waals surface area contributed by atoms with Gasteiger partial charge in [-0.05, 0) is 25.5 Å². The molecule has 0 heterocycles.